The molecule has 1 aromatic rings. The number of halogens is 1. The molecule has 1 aromatic carbocycles. The van der Waals surface area contributed by atoms with Gasteiger partial charge in [0.25, 0.3) is 5.91 Å². The third kappa shape index (κ3) is 5.72. The van der Waals surface area contributed by atoms with Crippen LogP contribution in [0.1, 0.15) is 29.6 Å². The van der Waals surface area contributed by atoms with Gasteiger partial charge in [-0.3, -0.25) is 4.79 Å². The van der Waals surface area contributed by atoms with Crippen LogP contribution < -0.4 is 10.6 Å². The molecule has 1 fully saturated rings. The Hall–Kier alpha value is -1.73. The summed E-state index contributed by atoms with van der Waals surface area (Å²) < 4.78 is 18.2. The second-order valence-corrected chi connectivity index (χ2v) is 6.21. The van der Waals surface area contributed by atoms with Crippen molar-refractivity contribution in [3.8, 4) is 0 Å². The Labute approximate surface area is 147 Å². The van der Waals surface area contributed by atoms with Crippen molar-refractivity contribution < 1.29 is 13.9 Å². The lowest BCUT2D eigenvalue weighted by atomic mass is 10.0. The molecule has 132 valence electrons. The summed E-state index contributed by atoms with van der Waals surface area (Å²) in [6, 6.07) is 5.83. The predicted octanol–water partition coefficient (Wildman–Crippen LogP) is 1.93. The second-order valence-electron chi connectivity index (χ2n) is 5.82. The number of likely N-dealkylation sites (tertiary alicyclic amines) is 1. The van der Waals surface area contributed by atoms with E-state index >= 15 is 0 Å². The van der Waals surface area contributed by atoms with Gasteiger partial charge < -0.3 is 20.3 Å². The number of nitrogens with zero attached hydrogens (tertiary/aromatic N) is 1. The smallest absolute Gasteiger partial charge is 0.251 e. The van der Waals surface area contributed by atoms with Crippen molar-refractivity contribution in [3.63, 3.8) is 0 Å². The molecule has 1 heterocycles. The average Bonchev–Trinajstić information content (AvgIpc) is 2.59. The van der Waals surface area contributed by atoms with E-state index in [0.717, 1.165) is 44.0 Å². The van der Waals surface area contributed by atoms with Crippen LogP contribution in [-0.2, 0) is 4.74 Å². The van der Waals surface area contributed by atoms with E-state index in [-0.39, 0.29) is 11.9 Å². The third-order valence-corrected chi connectivity index (χ3v) is 4.41. The van der Waals surface area contributed by atoms with Gasteiger partial charge in [0.05, 0.1) is 0 Å². The van der Waals surface area contributed by atoms with E-state index in [1.165, 1.54) is 12.1 Å². The van der Waals surface area contributed by atoms with Crippen LogP contribution in [0.2, 0.25) is 0 Å². The van der Waals surface area contributed by atoms with Gasteiger partial charge in [-0.15, -0.1) is 0 Å². The van der Waals surface area contributed by atoms with Gasteiger partial charge in [0.15, 0.2) is 5.11 Å². The van der Waals surface area contributed by atoms with E-state index in [4.69, 9.17) is 17.0 Å². The predicted molar refractivity (Wildman–Crippen MR) is 95.6 cm³/mol. The largest absolute Gasteiger partial charge is 0.385 e. The minimum absolute atomic E-state index is 0.0910. The molecule has 0 bridgehead atoms. The van der Waals surface area contributed by atoms with E-state index in [1.54, 1.807) is 19.2 Å². The summed E-state index contributed by atoms with van der Waals surface area (Å²) in [5.74, 6) is -0.629. The molecule has 0 spiro atoms. The highest BCUT2D eigenvalue weighted by molar-refractivity contribution is 7.80. The Morgan fingerprint density at radius 2 is 2.17 bits per heavy atom. The maximum absolute atomic E-state index is 13.2. The molecule has 0 aliphatic carbocycles. The Balaban J connectivity index is 1.72. The number of ether oxygens (including phenoxy) is 1. The summed E-state index contributed by atoms with van der Waals surface area (Å²) in [7, 11) is 1.68. The summed E-state index contributed by atoms with van der Waals surface area (Å²) in [6.07, 6.45) is 2.55. The maximum Gasteiger partial charge on any atom is 0.251 e. The van der Waals surface area contributed by atoms with Gasteiger partial charge in [0, 0.05) is 45.0 Å². The van der Waals surface area contributed by atoms with E-state index in [2.05, 4.69) is 15.5 Å². The van der Waals surface area contributed by atoms with Crippen molar-refractivity contribution in [2.24, 2.45) is 0 Å². The van der Waals surface area contributed by atoms with Crippen LogP contribution in [0, 0.1) is 5.82 Å². The number of carbonyl (C=O) groups excluding carboxylic acids is 1. The number of methoxy groups -OCH3 is 1. The topological polar surface area (TPSA) is 53.6 Å². The molecule has 2 rings (SSSR count). The van der Waals surface area contributed by atoms with Crippen LogP contribution in [0.5, 0.6) is 0 Å². The fraction of sp³-hybridized carbons (Fsp3) is 0.529. The third-order valence-electron chi connectivity index (χ3n) is 4.01. The van der Waals surface area contributed by atoms with E-state index < -0.39 is 5.82 Å². The molecule has 1 aliphatic heterocycles. The summed E-state index contributed by atoms with van der Waals surface area (Å²) in [5.41, 5.74) is 0.354. The van der Waals surface area contributed by atoms with Crippen LogP contribution in [0.3, 0.4) is 0 Å². The zero-order chi connectivity index (χ0) is 17.4. The standard InChI is InChI=1S/C17H24FN3O2S/c1-23-11-3-8-19-17(24)21-9-6-15(7-10-21)20-16(22)13-4-2-5-14(18)12-13/h2,4-5,12,15H,3,6-11H2,1H3,(H,19,24)(H,20,22). The van der Waals surface area contributed by atoms with Crippen molar-refractivity contribution in [3.05, 3.63) is 35.6 Å². The van der Waals surface area contributed by atoms with Gasteiger partial charge in [-0.2, -0.15) is 0 Å². The molecule has 0 saturated carbocycles. The van der Waals surface area contributed by atoms with Crippen molar-refractivity contribution >= 4 is 23.2 Å². The molecule has 7 heteroatoms. The lowest BCUT2D eigenvalue weighted by Gasteiger charge is -2.34. The van der Waals surface area contributed by atoms with E-state index in [0.29, 0.717) is 12.2 Å². The number of amides is 1. The van der Waals surface area contributed by atoms with Gasteiger partial charge >= 0.3 is 0 Å². The van der Waals surface area contributed by atoms with Crippen molar-refractivity contribution in [2.75, 3.05) is 33.4 Å². The first kappa shape index (κ1) is 18.6. The number of hydrogen-bond acceptors (Lipinski definition) is 3. The van der Waals surface area contributed by atoms with Crippen LogP contribution in [0.4, 0.5) is 4.39 Å². The first-order valence-electron chi connectivity index (χ1n) is 8.18. The molecule has 0 unspecified atom stereocenters. The van der Waals surface area contributed by atoms with E-state index in [9.17, 15) is 9.18 Å². The number of piperidine rings is 1. The summed E-state index contributed by atoms with van der Waals surface area (Å²) >= 11 is 5.39. The molecule has 1 amide bonds. The highest BCUT2D eigenvalue weighted by atomic mass is 32.1. The Bertz CT molecular complexity index is 563. The zero-order valence-electron chi connectivity index (χ0n) is 13.9. The SMILES string of the molecule is COCCCNC(=S)N1CCC(NC(=O)c2cccc(F)c2)CC1. The fourth-order valence-corrected chi connectivity index (χ4v) is 2.93. The molecule has 2 N–H and O–H groups in total. The number of thiocarbonyl (C=S) groups is 1. The lowest BCUT2D eigenvalue weighted by molar-refractivity contribution is 0.0922. The number of benzene rings is 1. The minimum atomic E-state index is -0.401. The Morgan fingerprint density at radius 1 is 1.42 bits per heavy atom. The first-order chi connectivity index (χ1) is 11.6. The van der Waals surface area contributed by atoms with Crippen molar-refractivity contribution in [1.82, 2.24) is 15.5 Å². The normalized spacial score (nSPS) is 15.2. The molecule has 24 heavy (non-hydrogen) atoms. The molecule has 0 radical (unpaired) electrons. The quantitative estimate of drug-likeness (QED) is 0.605. The van der Waals surface area contributed by atoms with Gasteiger partial charge in [0.1, 0.15) is 5.82 Å². The molecule has 1 aliphatic rings. The molecule has 0 atom stereocenters. The molecular weight excluding hydrogens is 329 g/mol. The van der Waals surface area contributed by atoms with Gasteiger partial charge in [-0.25, -0.2) is 4.39 Å². The summed E-state index contributed by atoms with van der Waals surface area (Å²) in [5, 5.41) is 6.94. The maximum atomic E-state index is 13.2. The van der Waals surface area contributed by atoms with Crippen molar-refractivity contribution in [2.45, 2.75) is 25.3 Å². The Morgan fingerprint density at radius 3 is 2.83 bits per heavy atom. The average molecular weight is 353 g/mol. The van der Waals surface area contributed by atoms with Gasteiger partial charge in [-0.05, 0) is 49.7 Å². The first-order valence-corrected chi connectivity index (χ1v) is 8.59. The fourth-order valence-electron chi connectivity index (χ4n) is 2.65. The zero-order valence-corrected chi connectivity index (χ0v) is 14.7. The summed E-state index contributed by atoms with van der Waals surface area (Å²) in [6.45, 7) is 3.10. The molecule has 1 saturated heterocycles. The molecule has 0 aromatic heterocycles. The summed E-state index contributed by atoms with van der Waals surface area (Å²) in [4.78, 5) is 14.3. The van der Waals surface area contributed by atoms with Crippen molar-refractivity contribution in [1.29, 1.82) is 0 Å². The van der Waals surface area contributed by atoms with E-state index in [1.807, 2.05) is 0 Å². The van der Waals surface area contributed by atoms with Crippen LogP contribution in [0.25, 0.3) is 0 Å². The van der Waals surface area contributed by atoms with Crippen LogP contribution in [0.15, 0.2) is 24.3 Å². The second kappa shape index (κ2) is 9.54. The highest BCUT2D eigenvalue weighted by Gasteiger charge is 2.22. The number of hydrogen-bond donors (Lipinski definition) is 2. The monoisotopic (exact) mass is 353 g/mol. The molecular formula is C17H24FN3O2S. The van der Waals surface area contributed by atoms with Gasteiger partial charge in [-0.1, -0.05) is 6.07 Å². The number of nitrogens with one attached hydrogen (secondary N) is 2. The Kier molecular flexibility index (Phi) is 7.39. The van der Waals surface area contributed by atoms with Crippen LogP contribution >= 0.6 is 12.2 Å². The van der Waals surface area contributed by atoms with Crippen LogP contribution in [-0.4, -0.2) is 55.3 Å². The lowest BCUT2D eigenvalue weighted by Crippen LogP contribution is -2.49. The van der Waals surface area contributed by atoms with Gasteiger partial charge in [0.2, 0.25) is 0 Å². The minimum Gasteiger partial charge on any atom is -0.385 e. The number of rotatable bonds is 6. The highest BCUT2D eigenvalue weighted by Crippen LogP contribution is 2.12. The molecule has 5 nitrogen and oxygen atoms in total. The number of carbonyl (C=O) groups is 1.